The molecule has 1 aromatic carbocycles. The van der Waals surface area contributed by atoms with Crippen molar-refractivity contribution >= 4 is 67.8 Å². The third kappa shape index (κ3) is 4.07. The first kappa shape index (κ1) is 21.5. The maximum atomic E-state index is 14.6. The molecule has 0 saturated carbocycles. The molecule has 1 amide bonds. The second kappa shape index (κ2) is 8.81. The molecule has 30 heavy (non-hydrogen) atoms. The van der Waals surface area contributed by atoms with Crippen LogP contribution in [0.2, 0.25) is 0 Å². The van der Waals surface area contributed by atoms with Crippen molar-refractivity contribution in [3.63, 3.8) is 0 Å². The fraction of sp³-hybridized carbons (Fsp3) is 0.350. The van der Waals surface area contributed by atoms with Gasteiger partial charge in [0.2, 0.25) is 5.91 Å². The molecule has 0 aliphatic carbocycles. The Morgan fingerprint density at radius 3 is 2.87 bits per heavy atom. The van der Waals surface area contributed by atoms with Gasteiger partial charge in [0.05, 0.1) is 21.8 Å². The molecule has 1 saturated heterocycles. The summed E-state index contributed by atoms with van der Waals surface area (Å²) in [5.41, 5.74) is 1.21. The summed E-state index contributed by atoms with van der Waals surface area (Å²) in [5.74, 6) is 0.343. The predicted octanol–water partition coefficient (Wildman–Crippen LogP) is 3.53. The van der Waals surface area contributed by atoms with Crippen LogP contribution in [0.1, 0.15) is 6.92 Å². The van der Waals surface area contributed by atoms with Crippen LogP contribution in [-0.2, 0) is 11.3 Å². The maximum Gasteiger partial charge on any atom is 0.244 e. The molecule has 1 aliphatic rings. The number of pyridine rings is 1. The van der Waals surface area contributed by atoms with E-state index in [4.69, 9.17) is 4.74 Å². The zero-order valence-electron chi connectivity index (χ0n) is 16.5. The Morgan fingerprint density at radius 2 is 2.13 bits per heavy atom. The van der Waals surface area contributed by atoms with Crippen molar-refractivity contribution in [2.75, 3.05) is 31.6 Å². The number of halogens is 3. The van der Waals surface area contributed by atoms with Crippen molar-refractivity contribution in [2.45, 2.75) is 19.5 Å². The summed E-state index contributed by atoms with van der Waals surface area (Å²) in [4.78, 5) is 21.2. The number of anilines is 1. The standard InChI is InChI=1S/C20H20FI2N5O2/c1-12-10-26(16-9-17(30-2)15(22)8-14(16)21)6-7-27(12)18(29)11-28-20-13(19(23)25-28)4-3-5-24-20/h3-5,8-9,12H,6-7,10-11H2,1-2H3/t12-/m0/s1. The van der Waals surface area contributed by atoms with Crippen LogP contribution in [0.4, 0.5) is 10.1 Å². The SMILES string of the molecule is COc1cc(N2CCN(C(=O)Cn3nc(I)c4cccnc43)[C@@H](C)C2)c(F)cc1I. The Hall–Kier alpha value is -1.70. The monoisotopic (exact) mass is 635 g/mol. The highest BCUT2D eigenvalue weighted by Gasteiger charge is 2.29. The number of ether oxygens (including phenoxy) is 1. The number of piperazine rings is 1. The van der Waals surface area contributed by atoms with Crippen LogP contribution < -0.4 is 9.64 Å². The molecule has 1 fully saturated rings. The van der Waals surface area contributed by atoms with Crippen molar-refractivity contribution < 1.29 is 13.9 Å². The second-order valence-corrected chi connectivity index (χ2v) is 9.33. The van der Waals surface area contributed by atoms with Crippen LogP contribution >= 0.6 is 45.2 Å². The second-order valence-electron chi connectivity index (χ2n) is 7.14. The highest BCUT2D eigenvalue weighted by Crippen LogP contribution is 2.31. The smallest absolute Gasteiger partial charge is 0.244 e. The van der Waals surface area contributed by atoms with Crippen LogP contribution in [-0.4, -0.2) is 58.4 Å². The van der Waals surface area contributed by atoms with E-state index in [0.29, 0.717) is 36.7 Å². The molecule has 3 heterocycles. The number of carbonyl (C=O) groups excluding carboxylic acids is 1. The van der Waals surface area contributed by atoms with Gasteiger partial charge >= 0.3 is 0 Å². The number of methoxy groups -OCH3 is 1. The minimum Gasteiger partial charge on any atom is -0.496 e. The van der Waals surface area contributed by atoms with E-state index in [0.717, 1.165) is 12.7 Å². The first-order valence-electron chi connectivity index (χ1n) is 9.43. The molecular formula is C20H20FI2N5O2. The Labute approximate surface area is 200 Å². The quantitative estimate of drug-likeness (QED) is 0.411. The first-order chi connectivity index (χ1) is 14.4. The Bertz CT molecular complexity index is 1110. The number of benzene rings is 1. The molecule has 0 radical (unpaired) electrons. The molecule has 2 aromatic heterocycles. The minimum absolute atomic E-state index is 0.0192. The lowest BCUT2D eigenvalue weighted by Gasteiger charge is -2.41. The molecule has 0 N–H and O–H groups in total. The number of amides is 1. The van der Waals surface area contributed by atoms with Crippen molar-refractivity contribution in [2.24, 2.45) is 0 Å². The lowest BCUT2D eigenvalue weighted by molar-refractivity contribution is -0.134. The van der Waals surface area contributed by atoms with Gasteiger partial charge in [-0.05, 0) is 70.3 Å². The van der Waals surface area contributed by atoms with Gasteiger partial charge in [-0.15, -0.1) is 0 Å². The zero-order chi connectivity index (χ0) is 21.4. The van der Waals surface area contributed by atoms with Crippen LogP contribution in [0.3, 0.4) is 0 Å². The number of hydrogen-bond donors (Lipinski definition) is 0. The third-order valence-corrected chi connectivity index (χ3v) is 6.90. The van der Waals surface area contributed by atoms with Crippen molar-refractivity contribution in [1.29, 1.82) is 0 Å². The molecule has 7 nitrogen and oxygen atoms in total. The fourth-order valence-corrected chi connectivity index (χ4v) is 5.09. The topological polar surface area (TPSA) is 63.5 Å². The minimum atomic E-state index is -0.282. The molecule has 158 valence electrons. The molecule has 4 rings (SSSR count). The van der Waals surface area contributed by atoms with E-state index < -0.39 is 0 Å². The van der Waals surface area contributed by atoms with E-state index in [1.54, 1.807) is 24.1 Å². The summed E-state index contributed by atoms with van der Waals surface area (Å²) in [6, 6.07) is 6.95. The first-order valence-corrected chi connectivity index (χ1v) is 11.6. The number of rotatable bonds is 4. The fourth-order valence-electron chi connectivity index (χ4n) is 3.76. The molecule has 3 aromatic rings. The average Bonchev–Trinajstić information content (AvgIpc) is 3.03. The average molecular weight is 635 g/mol. The number of carbonyl (C=O) groups is 1. The van der Waals surface area contributed by atoms with Gasteiger partial charge in [-0.2, -0.15) is 5.10 Å². The van der Waals surface area contributed by atoms with Crippen LogP contribution in [0.25, 0.3) is 11.0 Å². The molecule has 10 heteroatoms. The Balaban J connectivity index is 1.49. The zero-order valence-corrected chi connectivity index (χ0v) is 20.8. The van der Waals surface area contributed by atoms with Crippen LogP contribution in [0, 0.1) is 13.1 Å². The molecule has 0 bridgehead atoms. The van der Waals surface area contributed by atoms with Gasteiger partial charge in [0.25, 0.3) is 0 Å². The molecule has 1 atom stereocenters. The normalized spacial score (nSPS) is 16.9. The highest BCUT2D eigenvalue weighted by molar-refractivity contribution is 14.1. The number of nitrogens with zero attached hydrogens (tertiary/aromatic N) is 5. The molecule has 1 aliphatic heterocycles. The van der Waals surface area contributed by atoms with E-state index >= 15 is 0 Å². The third-order valence-electron chi connectivity index (χ3n) is 5.26. The Kier molecular flexibility index (Phi) is 6.32. The van der Waals surface area contributed by atoms with Crippen LogP contribution in [0.15, 0.2) is 30.5 Å². The Morgan fingerprint density at radius 1 is 1.33 bits per heavy atom. The predicted molar refractivity (Wildman–Crippen MR) is 129 cm³/mol. The summed E-state index contributed by atoms with van der Waals surface area (Å²) < 4.78 is 23.1. The molecule has 0 spiro atoms. The molecular weight excluding hydrogens is 615 g/mol. The summed E-state index contributed by atoms with van der Waals surface area (Å²) in [6.45, 7) is 3.72. The van der Waals surface area contributed by atoms with Gasteiger partial charge in [0.15, 0.2) is 5.65 Å². The number of aromatic nitrogens is 3. The van der Waals surface area contributed by atoms with Gasteiger partial charge < -0.3 is 14.5 Å². The summed E-state index contributed by atoms with van der Waals surface area (Å²) in [6.07, 6.45) is 1.70. The van der Waals surface area contributed by atoms with Gasteiger partial charge in [-0.25, -0.2) is 14.1 Å². The number of fused-ring (bicyclic) bond motifs is 1. The van der Waals surface area contributed by atoms with E-state index in [-0.39, 0.29) is 24.3 Å². The van der Waals surface area contributed by atoms with Crippen molar-refractivity contribution in [3.05, 3.63) is 43.6 Å². The van der Waals surface area contributed by atoms with Crippen molar-refractivity contribution in [3.8, 4) is 5.75 Å². The lowest BCUT2D eigenvalue weighted by Crippen LogP contribution is -2.55. The molecule has 0 unspecified atom stereocenters. The van der Waals surface area contributed by atoms with E-state index in [9.17, 15) is 9.18 Å². The van der Waals surface area contributed by atoms with E-state index in [1.807, 2.05) is 28.9 Å². The maximum absolute atomic E-state index is 14.6. The largest absolute Gasteiger partial charge is 0.496 e. The van der Waals surface area contributed by atoms with Gasteiger partial charge in [-0.1, -0.05) is 0 Å². The van der Waals surface area contributed by atoms with Crippen molar-refractivity contribution in [1.82, 2.24) is 19.7 Å². The lowest BCUT2D eigenvalue weighted by atomic mass is 10.1. The van der Waals surface area contributed by atoms with Gasteiger partial charge in [0.1, 0.15) is 21.8 Å². The van der Waals surface area contributed by atoms with E-state index in [2.05, 4.69) is 55.3 Å². The summed E-state index contributed by atoms with van der Waals surface area (Å²) >= 11 is 4.21. The van der Waals surface area contributed by atoms with Crippen LogP contribution in [0.5, 0.6) is 5.75 Å². The summed E-state index contributed by atoms with van der Waals surface area (Å²) in [5, 5.41) is 5.41. The van der Waals surface area contributed by atoms with E-state index in [1.165, 1.54) is 6.07 Å². The van der Waals surface area contributed by atoms with Gasteiger partial charge in [-0.3, -0.25) is 4.79 Å². The highest BCUT2D eigenvalue weighted by atomic mass is 127. The number of hydrogen-bond acceptors (Lipinski definition) is 5. The van der Waals surface area contributed by atoms with Gasteiger partial charge in [0, 0.05) is 37.9 Å². The summed E-state index contributed by atoms with van der Waals surface area (Å²) in [7, 11) is 1.58.